The van der Waals surface area contributed by atoms with E-state index in [0.717, 1.165) is 4.31 Å². The number of ether oxygens (including phenoxy) is 2. The van der Waals surface area contributed by atoms with Crippen LogP contribution in [0.5, 0.6) is 5.75 Å². The number of anilines is 1. The molecule has 0 aromatic heterocycles. The Morgan fingerprint density at radius 3 is 2.39 bits per heavy atom. The highest BCUT2D eigenvalue weighted by Crippen LogP contribution is 2.28. The number of hydrogen-bond acceptors (Lipinski definition) is 5. The van der Waals surface area contributed by atoms with Gasteiger partial charge < -0.3 is 14.4 Å². The van der Waals surface area contributed by atoms with Crippen molar-refractivity contribution in [3.8, 4) is 5.75 Å². The average Bonchev–Trinajstić information content (AvgIpc) is 2.73. The highest BCUT2D eigenvalue weighted by molar-refractivity contribution is 7.92. The van der Waals surface area contributed by atoms with Crippen molar-refractivity contribution < 1.29 is 22.7 Å². The summed E-state index contributed by atoms with van der Waals surface area (Å²) in [5.41, 5.74) is 0.606. The molecule has 150 valence electrons. The second kappa shape index (κ2) is 8.38. The molecule has 0 radical (unpaired) electrons. The second-order valence-corrected chi connectivity index (χ2v) is 8.59. The standard InChI is InChI=1S/C19H21ClN2O5S/c1-21(28(24,25)16-6-4-15(26-2)5-7-16)14-3-8-18(20)17(13-14)19(23)22-9-11-27-12-10-22/h3-8,13H,9-12H2,1-2H3. The van der Waals surface area contributed by atoms with Crippen molar-refractivity contribution in [3.63, 3.8) is 0 Å². The number of carbonyl (C=O) groups excluding carboxylic acids is 1. The van der Waals surface area contributed by atoms with Gasteiger partial charge in [0.25, 0.3) is 15.9 Å². The molecule has 0 saturated carbocycles. The molecule has 7 nitrogen and oxygen atoms in total. The van der Waals surface area contributed by atoms with Crippen LogP contribution in [0.2, 0.25) is 5.02 Å². The van der Waals surface area contributed by atoms with Gasteiger partial charge in [0.15, 0.2) is 0 Å². The van der Waals surface area contributed by atoms with Crippen LogP contribution in [-0.2, 0) is 14.8 Å². The van der Waals surface area contributed by atoms with E-state index >= 15 is 0 Å². The third-order valence-corrected chi connectivity index (χ3v) is 6.69. The minimum Gasteiger partial charge on any atom is -0.497 e. The number of methoxy groups -OCH3 is 1. The summed E-state index contributed by atoms with van der Waals surface area (Å²) in [5.74, 6) is 0.317. The van der Waals surface area contributed by atoms with Gasteiger partial charge in [-0.05, 0) is 42.5 Å². The highest BCUT2D eigenvalue weighted by atomic mass is 35.5. The van der Waals surface area contributed by atoms with Gasteiger partial charge in [-0.3, -0.25) is 9.10 Å². The molecule has 2 aromatic rings. The van der Waals surface area contributed by atoms with Crippen LogP contribution in [0.15, 0.2) is 47.4 Å². The minimum absolute atomic E-state index is 0.117. The fourth-order valence-electron chi connectivity index (χ4n) is 2.85. The summed E-state index contributed by atoms with van der Waals surface area (Å²) in [7, 11) is -0.861. The van der Waals surface area contributed by atoms with Gasteiger partial charge in [-0.15, -0.1) is 0 Å². The van der Waals surface area contributed by atoms with Crippen molar-refractivity contribution in [2.75, 3.05) is 44.8 Å². The van der Waals surface area contributed by atoms with Crippen LogP contribution in [-0.4, -0.2) is 59.7 Å². The maximum atomic E-state index is 12.9. The number of rotatable bonds is 5. The maximum Gasteiger partial charge on any atom is 0.264 e. The van der Waals surface area contributed by atoms with Gasteiger partial charge in [0.1, 0.15) is 5.75 Å². The van der Waals surface area contributed by atoms with E-state index in [9.17, 15) is 13.2 Å². The Hall–Kier alpha value is -2.29. The van der Waals surface area contributed by atoms with Crippen molar-refractivity contribution in [3.05, 3.63) is 53.1 Å². The number of sulfonamides is 1. The third kappa shape index (κ3) is 4.09. The average molecular weight is 425 g/mol. The third-order valence-electron chi connectivity index (χ3n) is 4.56. The molecular weight excluding hydrogens is 404 g/mol. The lowest BCUT2D eigenvalue weighted by Crippen LogP contribution is -2.40. The zero-order chi connectivity index (χ0) is 20.3. The molecule has 0 bridgehead atoms. The number of carbonyl (C=O) groups is 1. The predicted molar refractivity (Wildman–Crippen MR) is 107 cm³/mol. The van der Waals surface area contributed by atoms with Crippen LogP contribution >= 0.6 is 11.6 Å². The van der Waals surface area contributed by atoms with Crippen LogP contribution in [0.4, 0.5) is 5.69 Å². The molecule has 1 fully saturated rings. The van der Waals surface area contributed by atoms with Crippen LogP contribution in [0, 0.1) is 0 Å². The summed E-state index contributed by atoms with van der Waals surface area (Å²) >= 11 is 6.22. The molecule has 1 heterocycles. The Bertz CT molecular complexity index is 957. The van der Waals surface area contributed by atoms with E-state index in [-0.39, 0.29) is 21.4 Å². The molecule has 28 heavy (non-hydrogen) atoms. The molecule has 0 spiro atoms. The number of benzene rings is 2. The second-order valence-electron chi connectivity index (χ2n) is 6.22. The van der Waals surface area contributed by atoms with E-state index in [4.69, 9.17) is 21.1 Å². The Labute approximate surface area is 169 Å². The van der Waals surface area contributed by atoms with Gasteiger partial charge in [0, 0.05) is 20.1 Å². The Kier molecular flexibility index (Phi) is 6.12. The van der Waals surface area contributed by atoms with E-state index in [1.165, 1.54) is 38.4 Å². The van der Waals surface area contributed by atoms with Gasteiger partial charge >= 0.3 is 0 Å². The molecule has 1 amide bonds. The molecule has 1 aliphatic heterocycles. The van der Waals surface area contributed by atoms with E-state index < -0.39 is 10.0 Å². The summed E-state index contributed by atoms with van der Waals surface area (Å²) in [4.78, 5) is 14.6. The normalized spacial score (nSPS) is 14.6. The first-order valence-electron chi connectivity index (χ1n) is 8.64. The van der Waals surface area contributed by atoms with Gasteiger partial charge in [-0.1, -0.05) is 11.6 Å². The largest absolute Gasteiger partial charge is 0.497 e. The zero-order valence-corrected chi connectivity index (χ0v) is 17.2. The fraction of sp³-hybridized carbons (Fsp3) is 0.316. The van der Waals surface area contributed by atoms with Gasteiger partial charge in [0.05, 0.1) is 41.5 Å². The van der Waals surface area contributed by atoms with Crippen molar-refractivity contribution in [1.82, 2.24) is 4.90 Å². The molecule has 0 atom stereocenters. The molecule has 0 N–H and O–H groups in total. The van der Waals surface area contributed by atoms with E-state index in [2.05, 4.69) is 0 Å². The number of amides is 1. The quantitative estimate of drug-likeness (QED) is 0.737. The molecule has 0 aliphatic carbocycles. The van der Waals surface area contributed by atoms with Gasteiger partial charge in [0.2, 0.25) is 0 Å². The van der Waals surface area contributed by atoms with Crippen molar-refractivity contribution in [2.45, 2.75) is 4.90 Å². The summed E-state index contributed by atoms with van der Waals surface area (Å²) in [5, 5.41) is 0.274. The number of nitrogens with zero attached hydrogens (tertiary/aromatic N) is 2. The first-order valence-corrected chi connectivity index (χ1v) is 10.5. The monoisotopic (exact) mass is 424 g/mol. The number of halogens is 1. The summed E-state index contributed by atoms with van der Waals surface area (Å²) in [6.45, 7) is 1.88. The Balaban J connectivity index is 1.90. The lowest BCUT2D eigenvalue weighted by Gasteiger charge is -2.27. The smallest absolute Gasteiger partial charge is 0.264 e. The van der Waals surface area contributed by atoms with Crippen LogP contribution in [0.1, 0.15) is 10.4 Å². The highest BCUT2D eigenvalue weighted by Gasteiger charge is 2.25. The van der Waals surface area contributed by atoms with Gasteiger partial charge in [-0.25, -0.2) is 8.42 Å². The fourth-order valence-corrected chi connectivity index (χ4v) is 4.24. The molecule has 3 rings (SSSR count). The van der Waals surface area contributed by atoms with E-state index in [1.807, 2.05) is 0 Å². The summed E-state index contributed by atoms with van der Waals surface area (Å²) in [6, 6.07) is 10.7. The maximum absolute atomic E-state index is 12.9. The summed E-state index contributed by atoms with van der Waals surface area (Å²) in [6.07, 6.45) is 0. The minimum atomic E-state index is -3.81. The van der Waals surface area contributed by atoms with Crippen LogP contribution in [0.3, 0.4) is 0 Å². The predicted octanol–water partition coefficient (Wildman–Crippen LogP) is 2.65. The number of hydrogen-bond donors (Lipinski definition) is 0. The first-order chi connectivity index (χ1) is 13.3. The molecule has 0 unspecified atom stereocenters. The molecule has 1 saturated heterocycles. The van der Waals surface area contributed by atoms with Gasteiger partial charge in [-0.2, -0.15) is 0 Å². The summed E-state index contributed by atoms with van der Waals surface area (Å²) < 4.78 is 37.3. The molecule has 1 aliphatic rings. The van der Waals surface area contributed by atoms with E-state index in [0.29, 0.717) is 37.7 Å². The van der Waals surface area contributed by atoms with Crippen molar-refractivity contribution in [1.29, 1.82) is 0 Å². The zero-order valence-electron chi connectivity index (χ0n) is 15.6. The lowest BCUT2D eigenvalue weighted by atomic mass is 10.1. The Morgan fingerprint density at radius 1 is 1.14 bits per heavy atom. The van der Waals surface area contributed by atoms with Crippen LogP contribution in [0.25, 0.3) is 0 Å². The van der Waals surface area contributed by atoms with Crippen LogP contribution < -0.4 is 9.04 Å². The molecular formula is C19H21ClN2O5S. The molecule has 2 aromatic carbocycles. The van der Waals surface area contributed by atoms with E-state index in [1.54, 1.807) is 23.1 Å². The Morgan fingerprint density at radius 2 is 1.79 bits per heavy atom. The first kappa shape index (κ1) is 20.4. The molecule has 9 heteroatoms. The number of morpholine rings is 1. The topological polar surface area (TPSA) is 76.2 Å². The lowest BCUT2D eigenvalue weighted by molar-refractivity contribution is 0.0303. The SMILES string of the molecule is COc1ccc(S(=O)(=O)N(C)c2ccc(Cl)c(C(=O)N3CCOCC3)c2)cc1. The van der Waals surface area contributed by atoms with Crippen molar-refractivity contribution >= 4 is 33.2 Å². The van der Waals surface area contributed by atoms with Crippen molar-refractivity contribution in [2.24, 2.45) is 0 Å².